The Kier molecular flexibility index (Phi) is 5.21. The third kappa shape index (κ3) is 3.11. The fourth-order valence-corrected chi connectivity index (χ4v) is 4.08. The largest absolute Gasteiger partial charge is 0.497 e. The van der Waals surface area contributed by atoms with Gasteiger partial charge in [-0.25, -0.2) is 4.90 Å². The van der Waals surface area contributed by atoms with Gasteiger partial charge in [0.1, 0.15) is 11.5 Å². The molecule has 4 rings (SSSR count). The number of aromatic nitrogens is 3. The molecule has 2 heterocycles. The Labute approximate surface area is 177 Å². The van der Waals surface area contributed by atoms with Gasteiger partial charge in [-0.1, -0.05) is 23.9 Å². The van der Waals surface area contributed by atoms with E-state index in [0.717, 1.165) is 0 Å². The van der Waals surface area contributed by atoms with Crippen molar-refractivity contribution in [3.8, 4) is 22.8 Å². The zero-order valence-corrected chi connectivity index (χ0v) is 17.8. The summed E-state index contributed by atoms with van der Waals surface area (Å²) < 4.78 is 12.5. The van der Waals surface area contributed by atoms with E-state index >= 15 is 0 Å². The summed E-state index contributed by atoms with van der Waals surface area (Å²) in [4.78, 5) is 30.3. The van der Waals surface area contributed by atoms with E-state index in [1.807, 2.05) is 36.6 Å². The molecule has 2 aromatic carbocycles. The zero-order chi connectivity index (χ0) is 21.4. The van der Waals surface area contributed by atoms with Crippen molar-refractivity contribution < 1.29 is 19.0 Å². The number of para-hydroxylation sites is 1. The molecular formula is C21H21N4O4S+. The van der Waals surface area contributed by atoms with Crippen LogP contribution in [0.25, 0.3) is 11.3 Å². The lowest BCUT2D eigenvalue weighted by molar-refractivity contribution is -0.763. The van der Waals surface area contributed by atoms with Crippen molar-refractivity contribution in [2.24, 2.45) is 0 Å². The summed E-state index contributed by atoms with van der Waals surface area (Å²) in [6.45, 7) is 1.49. The first-order valence-corrected chi connectivity index (χ1v) is 10.4. The summed E-state index contributed by atoms with van der Waals surface area (Å²) in [5.41, 5.74) is 2.06. The number of nitrogens with one attached hydrogen (secondary N) is 1. The molecule has 154 valence electrons. The molecule has 30 heavy (non-hydrogen) atoms. The second-order valence-electron chi connectivity index (χ2n) is 6.64. The van der Waals surface area contributed by atoms with E-state index < -0.39 is 6.17 Å². The number of carbonyl (C=O) groups is 1. The molecular weight excluding hydrogens is 404 g/mol. The number of H-pyrrole nitrogens is 1. The molecule has 0 spiro atoms. The Hall–Kier alpha value is -3.33. The molecule has 0 radical (unpaired) electrons. The van der Waals surface area contributed by atoms with E-state index in [0.29, 0.717) is 39.2 Å². The molecule has 0 bridgehead atoms. The maximum Gasteiger partial charge on any atom is 0.325 e. The molecule has 3 aromatic rings. The first-order chi connectivity index (χ1) is 14.5. The van der Waals surface area contributed by atoms with Crippen molar-refractivity contribution in [3.63, 3.8) is 0 Å². The molecule has 1 aliphatic heterocycles. The molecule has 9 heteroatoms. The molecule has 0 saturated carbocycles. The van der Waals surface area contributed by atoms with Crippen LogP contribution in [-0.2, 0) is 4.79 Å². The van der Waals surface area contributed by atoms with E-state index in [9.17, 15) is 9.59 Å². The minimum Gasteiger partial charge on any atom is -0.497 e. The van der Waals surface area contributed by atoms with Crippen LogP contribution < -0.4 is 24.6 Å². The van der Waals surface area contributed by atoms with Gasteiger partial charge in [0.25, 0.3) is 6.17 Å². The lowest BCUT2D eigenvalue weighted by Crippen LogP contribution is -2.60. The van der Waals surface area contributed by atoms with E-state index in [1.165, 1.54) is 18.7 Å². The van der Waals surface area contributed by atoms with Gasteiger partial charge in [-0.3, -0.25) is 14.6 Å². The number of benzene rings is 2. The lowest BCUT2D eigenvalue weighted by Gasteiger charge is -2.31. The Balaban J connectivity index is 2.09. The van der Waals surface area contributed by atoms with Crippen LogP contribution in [0.4, 0.5) is 5.69 Å². The minimum absolute atomic E-state index is 0.184. The van der Waals surface area contributed by atoms with Gasteiger partial charge in [-0.05, 0) is 35.2 Å². The highest BCUT2D eigenvalue weighted by Crippen LogP contribution is 2.40. The maximum atomic E-state index is 13.0. The summed E-state index contributed by atoms with van der Waals surface area (Å²) in [6, 6.07) is 12.7. The van der Waals surface area contributed by atoms with Gasteiger partial charge in [0, 0.05) is 18.1 Å². The lowest BCUT2D eigenvalue weighted by atomic mass is 10.0. The van der Waals surface area contributed by atoms with Gasteiger partial charge in [-0.2, -0.15) is 0 Å². The third-order valence-electron chi connectivity index (χ3n) is 5.01. The van der Waals surface area contributed by atoms with Gasteiger partial charge >= 0.3 is 11.3 Å². The van der Waals surface area contributed by atoms with Crippen molar-refractivity contribution in [2.75, 3.05) is 25.4 Å². The van der Waals surface area contributed by atoms with Crippen molar-refractivity contribution >= 4 is 23.4 Å². The molecule has 0 fully saturated rings. The SMILES string of the molecule is COc1ccc([C@@H]2N(C(C)=O)c3ccccc3-c3c(=O)[nH]c(SC)n[n+]32)c(OC)c1. The molecule has 0 saturated heterocycles. The van der Waals surface area contributed by atoms with Crippen LogP contribution in [0, 0.1) is 0 Å². The Morgan fingerprint density at radius 3 is 2.63 bits per heavy atom. The Morgan fingerprint density at radius 2 is 1.97 bits per heavy atom. The quantitative estimate of drug-likeness (QED) is 0.510. The standard InChI is InChI=1S/C21H20N4O4S/c1-12(26)24-16-8-6-5-7-14(16)18-19(27)22-21(30-4)23-25(18)20(24)15-10-9-13(28-2)11-17(15)29-3/h5-11,20H,1-4H3/p+1/t20-/m1/s1. The summed E-state index contributed by atoms with van der Waals surface area (Å²) in [6.07, 6.45) is 1.12. The number of fused-ring (bicyclic) bond motifs is 3. The molecule has 1 atom stereocenters. The molecule has 0 aliphatic carbocycles. The topological polar surface area (TPSA) is 88.4 Å². The van der Waals surface area contributed by atoms with Crippen LogP contribution in [0.3, 0.4) is 0 Å². The highest BCUT2D eigenvalue weighted by molar-refractivity contribution is 7.98. The first-order valence-electron chi connectivity index (χ1n) is 9.21. The average Bonchev–Trinajstić information content (AvgIpc) is 2.77. The number of hydrogen-bond donors (Lipinski definition) is 1. The number of nitrogens with zero attached hydrogens (tertiary/aromatic N) is 3. The van der Waals surface area contributed by atoms with E-state index in [-0.39, 0.29) is 11.5 Å². The van der Waals surface area contributed by atoms with Gasteiger partial charge in [0.05, 0.1) is 31.0 Å². The van der Waals surface area contributed by atoms with E-state index in [2.05, 4.69) is 10.1 Å². The predicted molar refractivity (Wildman–Crippen MR) is 113 cm³/mol. The Bertz CT molecular complexity index is 1190. The monoisotopic (exact) mass is 425 g/mol. The van der Waals surface area contributed by atoms with Gasteiger partial charge < -0.3 is 9.47 Å². The number of rotatable bonds is 4. The van der Waals surface area contributed by atoms with Gasteiger partial charge in [0.2, 0.25) is 11.1 Å². The molecule has 1 aliphatic rings. The van der Waals surface area contributed by atoms with Crippen LogP contribution in [0.2, 0.25) is 0 Å². The van der Waals surface area contributed by atoms with Crippen LogP contribution in [0.1, 0.15) is 18.7 Å². The van der Waals surface area contributed by atoms with Crippen molar-refractivity contribution in [1.29, 1.82) is 0 Å². The van der Waals surface area contributed by atoms with Gasteiger partial charge in [-0.15, -0.1) is 0 Å². The summed E-state index contributed by atoms with van der Waals surface area (Å²) in [5, 5.41) is 5.09. The fourth-order valence-electron chi connectivity index (χ4n) is 3.72. The molecule has 1 aromatic heterocycles. The van der Waals surface area contributed by atoms with Crippen molar-refractivity contribution in [2.45, 2.75) is 18.2 Å². The smallest absolute Gasteiger partial charge is 0.325 e. The maximum absolute atomic E-state index is 13.0. The normalized spacial score (nSPS) is 14.7. The second kappa shape index (κ2) is 7.83. The van der Waals surface area contributed by atoms with Crippen LogP contribution in [-0.4, -0.2) is 36.5 Å². The average molecular weight is 425 g/mol. The van der Waals surface area contributed by atoms with E-state index in [4.69, 9.17) is 9.47 Å². The molecule has 1 N–H and O–H groups in total. The molecule has 8 nitrogen and oxygen atoms in total. The van der Waals surface area contributed by atoms with Crippen molar-refractivity contribution in [3.05, 3.63) is 58.4 Å². The number of thioether (sulfide) groups is 1. The number of amides is 1. The third-order valence-corrected chi connectivity index (χ3v) is 5.58. The second-order valence-corrected chi connectivity index (χ2v) is 7.44. The van der Waals surface area contributed by atoms with Crippen molar-refractivity contribution in [1.82, 2.24) is 10.1 Å². The number of ether oxygens (including phenoxy) is 2. The number of hydrogen-bond acceptors (Lipinski definition) is 6. The number of methoxy groups -OCH3 is 2. The van der Waals surface area contributed by atoms with Crippen LogP contribution in [0.5, 0.6) is 11.5 Å². The highest BCUT2D eigenvalue weighted by atomic mass is 32.2. The Morgan fingerprint density at radius 1 is 1.20 bits per heavy atom. The molecule has 0 unspecified atom stereocenters. The summed E-state index contributed by atoms with van der Waals surface area (Å²) in [5.74, 6) is 0.961. The number of aromatic amines is 1. The van der Waals surface area contributed by atoms with Crippen LogP contribution in [0.15, 0.2) is 52.4 Å². The number of anilines is 1. The van der Waals surface area contributed by atoms with Crippen LogP contribution >= 0.6 is 11.8 Å². The summed E-state index contributed by atoms with van der Waals surface area (Å²) >= 11 is 1.32. The zero-order valence-electron chi connectivity index (χ0n) is 17.0. The number of carbonyl (C=O) groups excluding carboxylic acids is 1. The van der Waals surface area contributed by atoms with E-state index in [1.54, 1.807) is 35.9 Å². The highest BCUT2D eigenvalue weighted by Gasteiger charge is 2.46. The fraction of sp³-hybridized carbons (Fsp3) is 0.238. The molecule has 1 amide bonds. The van der Waals surface area contributed by atoms with Gasteiger partial charge in [0.15, 0.2) is 0 Å². The first kappa shape index (κ1) is 20.0. The predicted octanol–water partition coefficient (Wildman–Crippen LogP) is 2.38. The summed E-state index contributed by atoms with van der Waals surface area (Å²) in [7, 11) is 3.13. The minimum atomic E-state index is -0.707.